The molecule has 114 valence electrons. The number of hydrogen-bond acceptors (Lipinski definition) is 3. The van der Waals surface area contributed by atoms with E-state index >= 15 is 0 Å². The third kappa shape index (κ3) is 7.19. The summed E-state index contributed by atoms with van der Waals surface area (Å²) < 4.78 is 5.28. The van der Waals surface area contributed by atoms with Crippen LogP contribution in [0.3, 0.4) is 0 Å². The zero-order chi connectivity index (χ0) is 14.6. The summed E-state index contributed by atoms with van der Waals surface area (Å²) in [6, 6.07) is 3.82. The molecule has 2 N–H and O–H groups in total. The Kier molecular flexibility index (Phi) is 8.54. The highest BCUT2D eigenvalue weighted by atomic mass is 16.3. The maximum Gasteiger partial charge on any atom is 0.191 e. The molecule has 1 aromatic rings. The van der Waals surface area contributed by atoms with Crippen molar-refractivity contribution in [1.29, 1.82) is 0 Å². The van der Waals surface area contributed by atoms with Gasteiger partial charge in [0.2, 0.25) is 0 Å². The van der Waals surface area contributed by atoms with Crippen LogP contribution in [-0.4, -0.2) is 44.1 Å². The fraction of sp³-hybridized carbons (Fsp3) is 0.667. The molecule has 0 fully saturated rings. The van der Waals surface area contributed by atoms with E-state index in [4.69, 9.17) is 4.42 Å². The first-order valence-corrected chi connectivity index (χ1v) is 7.49. The normalized spacial score (nSPS) is 11.9. The average Bonchev–Trinajstić information content (AvgIpc) is 2.95. The third-order valence-electron chi connectivity index (χ3n) is 3.00. The molecular formula is C15H28N4O. The number of nitrogens with one attached hydrogen (secondary N) is 2. The predicted molar refractivity (Wildman–Crippen MR) is 83.9 cm³/mol. The SMILES string of the molecule is CCCCN(C)CCNC(=NCc1ccco1)NCC. The van der Waals surface area contributed by atoms with Crippen LogP contribution in [0.5, 0.6) is 0 Å². The van der Waals surface area contributed by atoms with E-state index in [2.05, 4.69) is 41.4 Å². The predicted octanol–water partition coefficient (Wildman–Crippen LogP) is 2.07. The van der Waals surface area contributed by atoms with E-state index in [0.717, 1.165) is 37.9 Å². The molecule has 0 saturated heterocycles. The molecule has 0 saturated carbocycles. The van der Waals surface area contributed by atoms with Crippen molar-refractivity contribution < 1.29 is 4.42 Å². The van der Waals surface area contributed by atoms with Gasteiger partial charge in [-0.15, -0.1) is 0 Å². The maximum absolute atomic E-state index is 5.28. The molecule has 0 atom stereocenters. The van der Waals surface area contributed by atoms with Gasteiger partial charge in [0.25, 0.3) is 0 Å². The standard InChI is InChI=1S/C15H28N4O/c1-4-6-10-19(3)11-9-17-15(16-5-2)18-13-14-8-7-12-20-14/h7-8,12H,4-6,9-11,13H2,1-3H3,(H2,16,17,18). The largest absolute Gasteiger partial charge is 0.467 e. The number of aliphatic imine (C=N–C) groups is 1. The van der Waals surface area contributed by atoms with Crippen LogP contribution in [0.25, 0.3) is 0 Å². The second-order valence-corrected chi connectivity index (χ2v) is 4.86. The summed E-state index contributed by atoms with van der Waals surface area (Å²) in [7, 11) is 2.16. The van der Waals surface area contributed by atoms with Gasteiger partial charge in [-0.05, 0) is 39.1 Å². The van der Waals surface area contributed by atoms with Crippen LogP contribution in [0, 0.1) is 0 Å². The van der Waals surface area contributed by atoms with Crippen molar-refractivity contribution in [3.63, 3.8) is 0 Å². The van der Waals surface area contributed by atoms with E-state index in [-0.39, 0.29) is 0 Å². The molecule has 0 aliphatic carbocycles. The van der Waals surface area contributed by atoms with Gasteiger partial charge in [-0.1, -0.05) is 13.3 Å². The van der Waals surface area contributed by atoms with Crippen LogP contribution >= 0.6 is 0 Å². The minimum atomic E-state index is 0.563. The van der Waals surface area contributed by atoms with Gasteiger partial charge in [0.05, 0.1) is 6.26 Å². The lowest BCUT2D eigenvalue weighted by Gasteiger charge is -2.17. The molecule has 0 amide bonds. The fourth-order valence-electron chi connectivity index (χ4n) is 1.81. The molecule has 5 heteroatoms. The van der Waals surface area contributed by atoms with Crippen LogP contribution < -0.4 is 10.6 Å². The Hall–Kier alpha value is -1.49. The molecule has 5 nitrogen and oxygen atoms in total. The van der Waals surface area contributed by atoms with Crippen molar-refractivity contribution in [1.82, 2.24) is 15.5 Å². The van der Waals surface area contributed by atoms with E-state index in [9.17, 15) is 0 Å². The minimum Gasteiger partial charge on any atom is -0.467 e. The van der Waals surface area contributed by atoms with Crippen LogP contribution in [0.1, 0.15) is 32.4 Å². The van der Waals surface area contributed by atoms with E-state index in [1.165, 1.54) is 12.8 Å². The Morgan fingerprint density at radius 1 is 1.30 bits per heavy atom. The number of unbranched alkanes of at least 4 members (excludes halogenated alkanes) is 1. The Labute approximate surface area is 122 Å². The molecule has 1 aromatic heterocycles. The van der Waals surface area contributed by atoms with Crippen LogP contribution in [-0.2, 0) is 6.54 Å². The van der Waals surface area contributed by atoms with Crippen molar-refractivity contribution in [3.05, 3.63) is 24.2 Å². The number of guanidine groups is 1. The molecule has 0 unspecified atom stereocenters. The molecule has 0 spiro atoms. The van der Waals surface area contributed by atoms with Gasteiger partial charge in [-0.2, -0.15) is 0 Å². The van der Waals surface area contributed by atoms with Crippen molar-refractivity contribution in [2.24, 2.45) is 4.99 Å². The Morgan fingerprint density at radius 3 is 2.80 bits per heavy atom. The molecule has 0 aromatic carbocycles. The highest BCUT2D eigenvalue weighted by molar-refractivity contribution is 5.79. The Balaban J connectivity index is 2.29. The van der Waals surface area contributed by atoms with Crippen molar-refractivity contribution in [2.45, 2.75) is 33.2 Å². The second kappa shape index (κ2) is 10.3. The lowest BCUT2D eigenvalue weighted by atomic mass is 10.3. The summed E-state index contributed by atoms with van der Waals surface area (Å²) in [6.45, 7) is 8.77. The Morgan fingerprint density at radius 2 is 2.15 bits per heavy atom. The zero-order valence-corrected chi connectivity index (χ0v) is 13.0. The zero-order valence-electron chi connectivity index (χ0n) is 13.0. The van der Waals surface area contributed by atoms with Crippen LogP contribution in [0.2, 0.25) is 0 Å². The van der Waals surface area contributed by atoms with Crippen LogP contribution in [0.15, 0.2) is 27.8 Å². The summed E-state index contributed by atoms with van der Waals surface area (Å²) in [5, 5.41) is 6.59. The number of likely N-dealkylation sites (N-methyl/N-ethyl adjacent to an activating group) is 1. The van der Waals surface area contributed by atoms with Gasteiger partial charge < -0.3 is 20.0 Å². The van der Waals surface area contributed by atoms with Crippen molar-refractivity contribution >= 4 is 5.96 Å². The molecular weight excluding hydrogens is 252 g/mol. The highest BCUT2D eigenvalue weighted by Gasteiger charge is 2.00. The molecule has 0 radical (unpaired) electrons. The highest BCUT2D eigenvalue weighted by Crippen LogP contribution is 2.00. The summed E-state index contributed by atoms with van der Waals surface area (Å²) in [4.78, 5) is 6.84. The van der Waals surface area contributed by atoms with E-state index in [1.807, 2.05) is 12.1 Å². The fourth-order valence-corrected chi connectivity index (χ4v) is 1.81. The first-order chi connectivity index (χ1) is 9.76. The monoisotopic (exact) mass is 280 g/mol. The minimum absolute atomic E-state index is 0.563. The van der Waals surface area contributed by atoms with E-state index < -0.39 is 0 Å². The molecule has 0 aliphatic heterocycles. The second-order valence-electron chi connectivity index (χ2n) is 4.86. The van der Waals surface area contributed by atoms with Gasteiger partial charge in [0.1, 0.15) is 12.3 Å². The van der Waals surface area contributed by atoms with Crippen molar-refractivity contribution in [3.8, 4) is 0 Å². The topological polar surface area (TPSA) is 52.8 Å². The van der Waals surface area contributed by atoms with Gasteiger partial charge in [0, 0.05) is 19.6 Å². The third-order valence-corrected chi connectivity index (χ3v) is 3.00. The van der Waals surface area contributed by atoms with Gasteiger partial charge >= 0.3 is 0 Å². The van der Waals surface area contributed by atoms with Gasteiger partial charge in [-0.25, -0.2) is 4.99 Å². The summed E-state index contributed by atoms with van der Waals surface area (Å²) >= 11 is 0. The smallest absolute Gasteiger partial charge is 0.191 e. The molecule has 1 rings (SSSR count). The number of nitrogens with zero attached hydrogens (tertiary/aromatic N) is 2. The lowest BCUT2D eigenvalue weighted by Crippen LogP contribution is -2.41. The molecule has 0 aliphatic rings. The lowest BCUT2D eigenvalue weighted by molar-refractivity contribution is 0.332. The molecule has 20 heavy (non-hydrogen) atoms. The van der Waals surface area contributed by atoms with E-state index in [0.29, 0.717) is 6.54 Å². The Bertz CT molecular complexity index is 362. The molecule has 0 bridgehead atoms. The summed E-state index contributed by atoms with van der Waals surface area (Å²) in [5.41, 5.74) is 0. The van der Waals surface area contributed by atoms with E-state index in [1.54, 1.807) is 6.26 Å². The maximum atomic E-state index is 5.28. The first-order valence-electron chi connectivity index (χ1n) is 7.49. The average molecular weight is 280 g/mol. The molecule has 1 heterocycles. The van der Waals surface area contributed by atoms with Crippen molar-refractivity contribution in [2.75, 3.05) is 33.2 Å². The number of hydrogen-bond donors (Lipinski definition) is 2. The summed E-state index contributed by atoms with van der Waals surface area (Å²) in [5.74, 6) is 1.72. The van der Waals surface area contributed by atoms with Crippen LogP contribution in [0.4, 0.5) is 0 Å². The van der Waals surface area contributed by atoms with Gasteiger partial charge in [0.15, 0.2) is 5.96 Å². The van der Waals surface area contributed by atoms with Gasteiger partial charge in [-0.3, -0.25) is 0 Å². The number of rotatable bonds is 9. The number of furan rings is 1. The first kappa shape index (κ1) is 16.6. The summed E-state index contributed by atoms with van der Waals surface area (Å²) in [6.07, 6.45) is 4.17. The quantitative estimate of drug-likeness (QED) is 0.537.